The van der Waals surface area contributed by atoms with E-state index in [1.165, 1.54) is 11.1 Å². The van der Waals surface area contributed by atoms with Crippen molar-refractivity contribution >= 4 is 38.3 Å². The van der Waals surface area contributed by atoms with E-state index in [9.17, 15) is 0 Å². The van der Waals surface area contributed by atoms with Crippen molar-refractivity contribution in [1.29, 1.82) is 0 Å². The van der Waals surface area contributed by atoms with Crippen LogP contribution >= 0.6 is 27.5 Å². The highest BCUT2D eigenvalue weighted by atomic mass is 79.9. The van der Waals surface area contributed by atoms with Gasteiger partial charge >= 0.3 is 0 Å². The maximum Gasteiger partial charge on any atom is 0.0554 e. The Kier molecular flexibility index (Phi) is 3.01. The van der Waals surface area contributed by atoms with E-state index in [4.69, 9.17) is 17.3 Å². The highest BCUT2D eigenvalue weighted by Gasteiger charge is 2.03. The molecule has 0 aromatic heterocycles. The Labute approximate surface area is 102 Å². The lowest BCUT2D eigenvalue weighted by Crippen LogP contribution is -1.98. The van der Waals surface area contributed by atoms with Crippen LogP contribution in [0.1, 0.15) is 11.1 Å². The number of aryl methyl sites for hydroxylation is 1. The minimum absolute atomic E-state index is 0.571. The molecular formula is C12H11BrClN. The third-order valence-electron chi connectivity index (χ3n) is 2.55. The quantitative estimate of drug-likeness (QED) is 0.841. The average molecular weight is 285 g/mol. The van der Waals surface area contributed by atoms with Crippen LogP contribution in [0.2, 0.25) is 5.02 Å². The highest BCUT2D eigenvalue weighted by Crippen LogP contribution is 2.29. The Hall–Kier alpha value is -0.570. The Morgan fingerprint density at radius 3 is 2.53 bits per heavy atom. The molecule has 1 nitrogen and oxygen atoms in total. The van der Waals surface area contributed by atoms with E-state index in [1.54, 1.807) is 0 Å². The molecule has 0 aliphatic carbocycles. The van der Waals surface area contributed by atoms with Gasteiger partial charge in [0.15, 0.2) is 0 Å². The summed E-state index contributed by atoms with van der Waals surface area (Å²) in [6.45, 7) is 2.64. The van der Waals surface area contributed by atoms with Crippen molar-refractivity contribution in [3.8, 4) is 0 Å². The monoisotopic (exact) mass is 283 g/mol. The van der Waals surface area contributed by atoms with E-state index in [-0.39, 0.29) is 0 Å². The van der Waals surface area contributed by atoms with Crippen molar-refractivity contribution in [3.63, 3.8) is 0 Å². The van der Waals surface area contributed by atoms with Gasteiger partial charge in [0.1, 0.15) is 0 Å². The van der Waals surface area contributed by atoms with Crippen LogP contribution in [0.4, 0.5) is 0 Å². The van der Waals surface area contributed by atoms with Crippen LogP contribution in [0.25, 0.3) is 10.8 Å². The first-order valence-corrected chi connectivity index (χ1v) is 5.87. The molecule has 0 saturated carbocycles. The van der Waals surface area contributed by atoms with Crippen LogP contribution in [-0.2, 0) is 6.54 Å². The zero-order valence-electron chi connectivity index (χ0n) is 8.35. The largest absolute Gasteiger partial charge is 0.326 e. The zero-order chi connectivity index (χ0) is 11.0. The number of nitrogens with two attached hydrogens (primary N) is 1. The number of benzene rings is 2. The van der Waals surface area contributed by atoms with Gasteiger partial charge < -0.3 is 5.73 Å². The molecule has 0 unspecified atom stereocenters. The third-order valence-corrected chi connectivity index (χ3v) is 3.75. The molecule has 0 aliphatic heterocycles. The Balaban J connectivity index is 2.76. The summed E-state index contributed by atoms with van der Waals surface area (Å²) >= 11 is 9.46. The van der Waals surface area contributed by atoms with Crippen molar-refractivity contribution in [1.82, 2.24) is 0 Å². The summed E-state index contributed by atoms with van der Waals surface area (Å²) in [6, 6.07) is 8.23. The van der Waals surface area contributed by atoms with Gasteiger partial charge in [-0.1, -0.05) is 17.7 Å². The van der Waals surface area contributed by atoms with Crippen LogP contribution in [-0.4, -0.2) is 0 Å². The van der Waals surface area contributed by atoms with Gasteiger partial charge in [0.25, 0.3) is 0 Å². The Bertz CT molecular complexity index is 523. The molecule has 0 amide bonds. The predicted molar refractivity (Wildman–Crippen MR) is 69.3 cm³/mol. The van der Waals surface area contributed by atoms with E-state index in [0.29, 0.717) is 6.54 Å². The van der Waals surface area contributed by atoms with Gasteiger partial charge in [0.2, 0.25) is 0 Å². The van der Waals surface area contributed by atoms with Crippen LogP contribution in [0.15, 0.2) is 28.7 Å². The lowest BCUT2D eigenvalue weighted by Gasteiger charge is -2.07. The first kappa shape index (κ1) is 10.9. The third kappa shape index (κ3) is 2.03. The first-order chi connectivity index (χ1) is 7.11. The highest BCUT2D eigenvalue weighted by molar-refractivity contribution is 9.10. The van der Waals surface area contributed by atoms with Crippen molar-refractivity contribution < 1.29 is 0 Å². The number of rotatable bonds is 1. The van der Waals surface area contributed by atoms with E-state index in [1.807, 2.05) is 12.1 Å². The molecule has 15 heavy (non-hydrogen) atoms. The van der Waals surface area contributed by atoms with Gasteiger partial charge in [-0.15, -0.1) is 0 Å². The van der Waals surface area contributed by atoms with Crippen LogP contribution in [0.3, 0.4) is 0 Å². The van der Waals surface area contributed by atoms with E-state index >= 15 is 0 Å². The SMILES string of the molecule is Cc1cc2cc(Cl)c(Br)cc2cc1CN. The second-order valence-electron chi connectivity index (χ2n) is 3.60. The molecular weight excluding hydrogens is 273 g/mol. The van der Waals surface area contributed by atoms with Gasteiger partial charge in [-0.3, -0.25) is 0 Å². The molecule has 2 N–H and O–H groups in total. The normalized spacial score (nSPS) is 10.9. The average Bonchev–Trinajstić information content (AvgIpc) is 2.20. The number of hydrogen-bond acceptors (Lipinski definition) is 1. The molecule has 0 atom stereocenters. The van der Waals surface area contributed by atoms with Crippen LogP contribution in [0, 0.1) is 6.92 Å². The lowest BCUT2D eigenvalue weighted by atomic mass is 10.0. The number of hydrogen-bond donors (Lipinski definition) is 1. The summed E-state index contributed by atoms with van der Waals surface area (Å²) in [5.74, 6) is 0. The van der Waals surface area contributed by atoms with Gasteiger partial charge in [0.05, 0.1) is 5.02 Å². The second-order valence-corrected chi connectivity index (χ2v) is 4.86. The molecule has 3 heteroatoms. The van der Waals surface area contributed by atoms with Crippen LogP contribution < -0.4 is 5.73 Å². The fourth-order valence-electron chi connectivity index (χ4n) is 1.68. The van der Waals surface area contributed by atoms with Crippen LogP contribution in [0.5, 0.6) is 0 Å². The molecule has 0 fully saturated rings. The van der Waals surface area contributed by atoms with Gasteiger partial charge in [-0.25, -0.2) is 0 Å². The first-order valence-electron chi connectivity index (χ1n) is 4.70. The molecule has 78 valence electrons. The summed E-state index contributed by atoms with van der Waals surface area (Å²) in [5.41, 5.74) is 8.06. The fraction of sp³-hybridized carbons (Fsp3) is 0.167. The molecule has 0 bridgehead atoms. The Morgan fingerprint density at radius 2 is 1.87 bits per heavy atom. The standard InChI is InChI=1S/C12H11BrClN/c1-7-2-8-5-12(14)11(13)4-9(8)3-10(7)6-15/h2-5H,6,15H2,1H3. The summed E-state index contributed by atoms with van der Waals surface area (Å²) < 4.78 is 0.920. The minimum Gasteiger partial charge on any atom is -0.326 e. The Morgan fingerprint density at radius 1 is 1.20 bits per heavy atom. The number of halogens is 2. The predicted octanol–water partition coefficient (Wildman–Crippen LogP) is 4.02. The second kappa shape index (κ2) is 4.12. The summed E-state index contributed by atoms with van der Waals surface area (Å²) in [5, 5.41) is 3.05. The maximum absolute atomic E-state index is 6.04. The minimum atomic E-state index is 0.571. The summed E-state index contributed by atoms with van der Waals surface area (Å²) in [7, 11) is 0. The van der Waals surface area contributed by atoms with Crippen molar-refractivity contribution in [3.05, 3.63) is 44.9 Å². The summed E-state index contributed by atoms with van der Waals surface area (Å²) in [4.78, 5) is 0. The van der Waals surface area contributed by atoms with Crippen molar-refractivity contribution in [2.75, 3.05) is 0 Å². The molecule has 0 heterocycles. The molecule has 0 radical (unpaired) electrons. The number of fused-ring (bicyclic) bond motifs is 1. The van der Waals surface area contributed by atoms with Crippen molar-refractivity contribution in [2.24, 2.45) is 5.73 Å². The molecule has 0 aliphatic rings. The van der Waals surface area contributed by atoms with Crippen molar-refractivity contribution in [2.45, 2.75) is 13.5 Å². The zero-order valence-corrected chi connectivity index (χ0v) is 10.7. The van der Waals surface area contributed by atoms with E-state index < -0.39 is 0 Å². The molecule has 0 spiro atoms. The molecule has 2 aromatic carbocycles. The smallest absolute Gasteiger partial charge is 0.0554 e. The van der Waals surface area contributed by atoms with E-state index in [2.05, 4.69) is 35.0 Å². The molecule has 0 saturated heterocycles. The molecule has 2 rings (SSSR count). The van der Waals surface area contributed by atoms with Gasteiger partial charge in [-0.2, -0.15) is 0 Å². The van der Waals surface area contributed by atoms with Gasteiger partial charge in [-0.05, 0) is 63.0 Å². The fourth-order valence-corrected chi connectivity index (χ4v) is 2.21. The van der Waals surface area contributed by atoms with E-state index in [0.717, 1.165) is 20.3 Å². The van der Waals surface area contributed by atoms with Gasteiger partial charge in [0, 0.05) is 11.0 Å². The summed E-state index contributed by atoms with van der Waals surface area (Å²) in [6.07, 6.45) is 0. The maximum atomic E-state index is 6.04. The molecule has 2 aromatic rings. The lowest BCUT2D eigenvalue weighted by molar-refractivity contribution is 1.05. The topological polar surface area (TPSA) is 26.0 Å².